The van der Waals surface area contributed by atoms with E-state index < -0.39 is 0 Å². The van der Waals surface area contributed by atoms with Crippen LogP contribution in [0.1, 0.15) is 79.0 Å². The van der Waals surface area contributed by atoms with Gasteiger partial charge in [0.1, 0.15) is 0 Å². The van der Waals surface area contributed by atoms with Crippen molar-refractivity contribution >= 4 is 34.1 Å². The summed E-state index contributed by atoms with van der Waals surface area (Å²) in [5.74, 6) is 0. The van der Waals surface area contributed by atoms with E-state index in [0.717, 1.165) is 34.1 Å². The van der Waals surface area contributed by atoms with Crippen LogP contribution >= 0.6 is 0 Å². The smallest absolute Gasteiger partial charge is 0.0618 e. The molecule has 9 rings (SSSR count). The number of hydrogen-bond donors (Lipinski definition) is 0. The predicted octanol–water partition coefficient (Wildman–Crippen LogP) is 19.2. The highest BCUT2D eigenvalue weighted by molar-refractivity contribution is 6.01. The minimum atomic E-state index is -0.212. The van der Waals surface area contributed by atoms with E-state index >= 15 is 0 Å². The van der Waals surface area contributed by atoms with Crippen molar-refractivity contribution in [1.29, 1.82) is 0 Å². The number of hydrogen-bond acceptors (Lipinski definition) is 2. The molecule has 0 spiro atoms. The fourth-order valence-corrected chi connectivity index (χ4v) is 9.22. The van der Waals surface area contributed by atoms with Gasteiger partial charge in [-0.3, -0.25) is 0 Å². The lowest BCUT2D eigenvalue weighted by molar-refractivity contribution is 0.590. The third kappa shape index (κ3) is 9.55. The van der Waals surface area contributed by atoms with Crippen molar-refractivity contribution < 1.29 is 0 Å². The first kappa shape index (κ1) is 45.7. The summed E-state index contributed by atoms with van der Waals surface area (Å²) in [7, 11) is 0. The molecule has 68 heavy (non-hydrogen) atoms. The van der Waals surface area contributed by atoms with Gasteiger partial charge in [-0.15, -0.1) is 0 Å². The van der Waals surface area contributed by atoms with Crippen LogP contribution in [0.15, 0.2) is 224 Å². The summed E-state index contributed by atoms with van der Waals surface area (Å²) < 4.78 is 0. The Morgan fingerprint density at radius 1 is 0.235 bits per heavy atom. The van der Waals surface area contributed by atoms with E-state index in [4.69, 9.17) is 0 Å². The maximum Gasteiger partial charge on any atom is 0.0618 e. The zero-order chi connectivity index (χ0) is 47.6. The van der Waals surface area contributed by atoms with Gasteiger partial charge in [0.05, 0.1) is 11.4 Å². The Balaban J connectivity index is 1.44. The molecule has 0 bridgehead atoms. The molecule has 9 aromatic carbocycles. The second kappa shape index (κ2) is 18.7. The van der Waals surface area contributed by atoms with Gasteiger partial charge in [-0.05, 0) is 122 Å². The molecule has 0 amide bonds. The van der Waals surface area contributed by atoms with E-state index in [1.807, 2.05) is 0 Å². The summed E-state index contributed by atoms with van der Waals surface area (Å²) in [4.78, 5) is 5.05. The van der Waals surface area contributed by atoms with Crippen molar-refractivity contribution in [2.75, 3.05) is 9.80 Å². The highest BCUT2D eigenvalue weighted by Gasteiger charge is 2.31. The predicted molar refractivity (Wildman–Crippen MR) is 294 cm³/mol. The number of rotatable bonds is 10. The SMILES string of the molecule is CC(C)(C)c1cc(N(c2ccccc2)c2c(-c3ccccc3)cc(C(C)(C)C)cc2-c2ccccc2)cc(N(c2ccccc2)c2c(-c3ccccc3)cc(C(C)(C)C)cc2-c2ccccc2)c1. The largest absolute Gasteiger partial charge is 0.309 e. The topological polar surface area (TPSA) is 6.48 Å². The van der Waals surface area contributed by atoms with Gasteiger partial charge in [0, 0.05) is 45.0 Å². The molecule has 338 valence electrons. The Morgan fingerprint density at radius 2 is 0.456 bits per heavy atom. The second-order valence-electron chi connectivity index (χ2n) is 21.1. The van der Waals surface area contributed by atoms with E-state index in [1.54, 1.807) is 0 Å². The molecule has 2 nitrogen and oxygen atoms in total. The van der Waals surface area contributed by atoms with Gasteiger partial charge in [0.25, 0.3) is 0 Å². The molecule has 0 radical (unpaired) electrons. The van der Waals surface area contributed by atoms with E-state index in [9.17, 15) is 0 Å². The molecular weight excluding hydrogens is 821 g/mol. The molecule has 0 atom stereocenters. The fourth-order valence-electron chi connectivity index (χ4n) is 9.22. The molecular formula is C66H64N2. The Morgan fingerprint density at radius 3 is 0.691 bits per heavy atom. The van der Waals surface area contributed by atoms with E-state index in [-0.39, 0.29) is 16.2 Å². The first-order chi connectivity index (χ1) is 32.6. The quantitative estimate of drug-likeness (QED) is 0.135. The van der Waals surface area contributed by atoms with Crippen molar-refractivity contribution in [3.05, 3.63) is 241 Å². The maximum atomic E-state index is 2.53. The lowest BCUT2D eigenvalue weighted by Gasteiger charge is -2.36. The summed E-state index contributed by atoms with van der Waals surface area (Å²) in [5, 5.41) is 0. The second-order valence-corrected chi connectivity index (χ2v) is 21.1. The Labute approximate surface area is 406 Å². The minimum Gasteiger partial charge on any atom is -0.309 e. The molecule has 0 N–H and O–H groups in total. The van der Waals surface area contributed by atoms with Crippen LogP contribution in [0, 0.1) is 0 Å². The van der Waals surface area contributed by atoms with E-state index in [2.05, 4.69) is 297 Å². The molecule has 0 heterocycles. The van der Waals surface area contributed by atoms with Gasteiger partial charge >= 0.3 is 0 Å². The van der Waals surface area contributed by atoms with Crippen LogP contribution < -0.4 is 9.80 Å². The molecule has 9 aromatic rings. The van der Waals surface area contributed by atoms with Gasteiger partial charge in [-0.1, -0.05) is 220 Å². The average molecular weight is 885 g/mol. The zero-order valence-electron chi connectivity index (χ0n) is 41.3. The summed E-state index contributed by atoms with van der Waals surface area (Å²) in [6, 6.07) is 82.8. The first-order valence-electron chi connectivity index (χ1n) is 24.1. The van der Waals surface area contributed by atoms with Gasteiger partial charge in [-0.2, -0.15) is 0 Å². The van der Waals surface area contributed by atoms with Gasteiger partial charge in [-0.25, -0.2) is 0 Å². The Bertz CT molecular complexity index is 2790. The van der Waals surface area contributed by atoms with Crippen LogP contribution in [0.5, 0.6) is 0 Å². The number of benzene rings is 9. The summed E-state index contributed by atoms with van der Waals surface area (Å²) in [6.07, 6.45) is 0. The lowest BCUT2D eigenvalue weighted by atomic mass is 9.81. The molecule has 0 aliphatic rings. The zero-order valence-corrected chi connectivity index (χ0v) is 41.3. The molecule has 0 fully saturated rings. The normalized spacial score (nSPS) is 11.9. The number of nitrogens with zero attached hydrogens (tertiary/aromatic N) is 2. The third-order valence-corrected chi connectivity index (χ3v) is 13.1. The van der Waals surface area contributed by atoms with Gasteiger partial charge < -0.3 is 9.80 Å². The number of para-hydroxylation sites is 2. The fraction of sp³-hybridized carbons (Fsp3) is 0.182. The lowest BCUT2D eigenvalue weighted by Crippen LogP contribution is -2.20. The third-order valence-electron chi connectivity index (χ3n) is 13.1. The highest BCUT2D eigenvalue weighted by Crippen LogP contribution is 2.53. The molecule has 0 saturated heterocycles. The minimum absolute atomic E-state index is 0.103. The summed E-state index contributed by atoms with van der Waals surface area (Å²) in [6.45, 7) is 20.9. The summed E-state index contributed by atoms with van der Waals surface area (Å²) in [5.41, 5.74) is 19.4. The van der Waals surface area contributed by atoms with Crippen molar-refractivity contribution in [2.24, 2.45) is 0 Å². The van der Waals surface area contributed by atoms with E-state index in [1.165, 1.54) is 61.2 Å². The van der Waals surface area contributed by atoms with Gasteiger partial charge in [0.15, 0.2) is 0 Å². The molecule has 0 saturated carbocycles. The van der Waals surface area contributed by atoms with Gasteiger partial charge in [0.2, 0.25) is 0 Å². The first-order valence-corrected chi connectivity index (χ1v) is 24.1. The standard InChI is InChI=1S/C66H64N2/c1-64(2,3)51-40-56(67(54-36-24-14-25-37-54)62-58(47-28-16-10-17-29-47)42-52(65(4,5)6)43-59(62)48-30-18-11-19-31-48)46-57(41-51)68(55-38-26-15-27-39-55)63-60(49-32-20-12-21-33-49)44-53(66(7,8)9)45-61(63)50-34-22-13-23-35-50/h10-46H,1-9H3. The van der Waals surface area contributed by atoms with Crippen molar-refractivity contribution in [3.63, 3.8) is 0 Å². The average Bonchev–Trinajstić information content (AvgIpc) is 3.35. The molecule has 0 unspecified atom stereocenters. The monoisotopic (exact) mass is 885 g/mol. The van der Waals surface area contributed by atoms with Crippen LogP contribution in [0.25, 0.3) is 44.5 Å². The Hall–Kier alpha value is -7.42. The highest BCUT2D eigenvalue weighted by atomic mass is 15.2. The molecule has 0 aromatic heterocycles. The van der Waals surface area contributed by atoms with Crippen LogP contribution in [0.2, 0.25) is 0 Å². The van der Waals surface area contributed by atoms with Crippen LogP contribution in [0.3, 0.4) is 0 Å². The van der Waals surface area contributed by atoms with Crippen LogP contribution in [-0.2, 0) is 16.2 Å². The number of anilines is 6. The summed E-state index contributed by atoms with van der Waals surface area (Å²) >= 11 is 0. The molecule has 2 heteroatoms. The Kier molecular flexibility index (Phi) is 12.6. The van der Waals surface area contributed by atoms with Crippen LogP contribution in [-0.4, -0.2) is 0 Å². The molecule has 0 aliphatic carbocycles. The van der Waals surface area contributed by atoms with Crippen molar-refractivity contribution in [1.82, 2.24) is 0 Å². The van der Waals surface area contributed by atoms with Crippen molar-refractivity contribution in [2.45, 2.75) is 78.6 Å². The van der Waals surface area contributed by atoms with Crippen molar-refractivity contribution in [3.8, 4) is 44.5 Å². The van der Waals surface area contributed by atoms with Crippen LogP contribution in [0.4, 0.5) is 34.1 Å². The maximum absolute atomic E-state index is 2.53. The van der Waals surface area contributed by atoms with E-state index in [0.29, 0.717) is 0 Å². The molecule has 0 aliphatic heterocycles.